The summed E-state index contributed by atoms with van der Waals surface area (Å²) < 4.78 is 0. The van der Waals surface area contributed by atoms with Gasteiger partial charge in [-0.15, -0.1) is 0 Å². The van der Waals surface area contributed by atoms with Crippen molar-refractivity contribution < 1.29 is 0 Å². The van der Waals surface area contributed by atoms with Gasteiger partial charge in [-0.25, -0.2) is 0 Å². The molecule has 0 atom stereocenters. The van der Waals surface area contributed by atoms with Crippen LogP contribution in [0.2, 0.25) is 0 Å². The van der Waals surface area contributed by atoms with Gasteiger partial charge in [0.25, 0.3) is 0 Å². The molecule has 0 spiro atoms. The second kappa shape index (κ2) is 13.5. The Morgan fingerprint density at radius 2 is 0.873 bits per heavy atom. The molecular formula is C53H46N2. The molecule has 0 fully saturated rings. The van der Waals surface area contributed by atoms with Gasteiger partial charge < -0.3 is 9.80 Å². The van der Waals surface area contributed by atoms with Gasteiger partial charge in [0.15, 0.2) is 0 Å². The maximum Gasteiger partial charge on any atom is 0.0546 e. The maximum absolute atomic E-state index is 2.49. The van der Waals surface area contributed by atoms with Crippen molar-refractivity contribution in [1.29, 1.82) is 0 Å². The lowest BCUT2D eigenvalue weighted by Crippen LogP contribution is -2.15. The zero-order valence-corrected chi connectivity index (χ0v) is 32.6. The lowest BCUT2D eigenvalue weighted by atomic mass is 9.81. The van der Waals surface area contributed by atoms with Crippen molar-refractivity contribution in [3.05, 3.63) is 203 Å². The lowest BCUT2D eigenvalue weighted by Gasteiger charge is -2.30. The van der Waals surface area contributed by atoms with E-state index in [-0.39, 0.29) is 5.41 Å². The summed E-state index contributed by atoms with van der Waals surface area (Å²) in [4.78, 5) is 4.81. The minimum atomic E-state index is -0.111. The van der Waals surface area contributed by atoms with Gasteiger partial charge in [0, 0.05) is 39.2 Å². The molecule has 55 heavy (non-hydrogen) atoms. The molecule has 0 bridgehead atoms. The fraction of sp³-hybridized carbons (Fsp3) is 0.132. The summed E-state index contributed by atoms with van der Waals surface area (Å²) in [5.74, 6) is 0. The van der Waals surface area contributed by atoms with Crippen molar-refractivity contribution in [3.63, 3.8) is 0 Å². The SMILES string of the molecule is Cc1cc(C)cc(N(c2cc(C)cc(C)c2)c2cc(-c3ccc(N(c4ccccc4)c4ccccc4)cc3)cc3cc4c(cc23)C(C)(C)c2ccccc2-4)c1. The quantitative estimate of drug-likeness (QED) is 0.162. The Kier molecular flexibility index (Phi) is 8.43. The molecule has 8 aromatic rings. The summed E-state index contributed by atoms with van der Waals surface area (Å²) >= 11 is 0. The number of rotatable bonds is 7. The monoisotopic (exact) mass is 710 g/mol. The van der Waals surface area contributed by atoms with Crippen LogP contribution in [0.1, 0.15) is 47.2 Å². The Hall–Kier alpha value is -6.38. The van der Waals surface area contributed by atoms with Crippen LogP contribution in [0.15, 0.2) is 170 Å². The molecule has 0 saturated heterocycles. The van der Waals surface area contributed by atoms with Crippen molar-refractivity contribution in [1.82, 2.24) is 0 Å². The minimum Gasteiger partial charge on any atom is -0.311 e. The summed E-state index contributed by atoms with van der Waals surface area (Å²) in [7, 11) is 0. The van der Waals surface area contributed by atoms with Crippen LogP contribution < -0.4 is 9.80 Å². The number of hydrogen-bond donors (Lipinski definition) is 0. The first kappa shape index (κ1) is 34.4. The molecular weight excluding hydrogens is 665 g/mol. The van der Waals surface area contributed by atoms with Crippen LogP contribution in [-0.2, 0) is 5.41 Å². The van der Waals surface area contributed by atoms with Crippen LogP contribution in [0.3, 0.4) is 0 Å². The highest BCUT2D eigenvalue weighted by Gasteiger charge is 2.36. The minimum absolute atomic E-state index is 0.111. The highest BCUT2D eigenvalue weighted by molar-refractivity contribution is 6.05. The zero-order chi connectivity index (χ0) is 37.8. The van der Waals surface area contributed by atoms with Gasteiger partial charge in [-0.05, 0) is 174 Å². The molecule has 9 rings (SSSR count). The summed E-state index contributed by atoms with van der Waals surface area (Å²) in [5.41, 5.74) is 19.6. The van der Waals surface area contributed by atoms with Crippen molar-refractivity contribution >= 4 is 44.9 Å². The molecule has 2 heteroatoms. The van der Waals surface area contributed by atoms with Gasteiger partial charge in [0.05, 0.1) is 5.69 Å². The summed E-state index contributed by atoms with van der Waals surface area (Å²) in [5, 5.41) is 2.48. The highest BCUT2D eigenvalue weighted by atomic mass is 15.1. The van der Waals surface area contributed by atoms with Gasteiger partial charge in [0.1, 0.15) is 0 Å². The number of para-hydroxylation sites is 2. The van der Waals surface area contributed by atoms with Gasteiger partial charge in [-0.3, -0.25) is 0 Å². The van der Waals surface area contributed by atoms with Gasteiger partial charge >= 0.3 is 0 Å². The first-order valence-corrected chi connectivity index (χ1v) is 19.3. The highest BCUT2D eigenvalue weighted by Crippen LogP contribution is 2.52. The fourth-order valence-corrected chi connectivity index (χ4v) is 8.88. The molecule has 0 aromatic heterocycles. The molecule has 0 heterocycles. The van der Waals surface area contributed by atoms with Crippen molar-refractivity contribution in [2.24, 2.45) is 0 Å². The van der Waals surface area contributed by atoms with E-state index in [2.05, 4.69) is 221 Å². The van der Waals surface area contributed by atoms with Gasteiger partial charge in [0.2, 0.25) is 0 Å². The Morgan fingerprint density at radius 1 is 0.364 bits per heavy atom. The molecule has 268 valence electrons. The normalized spacial score (nSPS) is 12.7. The van der Waals surface area contributed by atoms with E-state index in [0.29, 0.717) is 0 Å². The van der Waals surface area contributed by atoms with E-state index in [0.717, 1.165) is 17.1 Å². The molecule has 0 amide bonds. The van der Waals surface area contributed by atoms with Crippen molar-refractivity contribution in [3.8, 4) is 22.3 Å². The number of anilines is 6. The standard InChI is InChI=1S/C53H46N2/c1-35-25-36(2)28-45(27-35)55(46-29-37(3)26-38(4)30-46)52-33-40(31-41-32-49-47-19-13-14-20-50(47)53(5,6)51(49)34-48(41)52)39-21-23-44(24-22-39)54(42-15-9-7-10-16-42)43-17-11-8-12-18-43/h7-34H,1-6H3. The predicted octanol–water partition coefficient (Wildman–Crippen LogP) is 15.0. The van der Waals surface area contributed by atoms with Crippen LogP contribution in [0.4, 0.5) is 34.1 Å². The van der Waals surface area contributed by atoms with Gasteiger partial charge in [-0.1, -0.05) is 98.8 Å². The van der Waals surface area contributed by atoms with E-state index < -0.39 is 0 Å². The molecule has 0 unspecified atom stereocenters. The van der Waals surface area contributed by atoms with Crippen LogP contribution in [0, 0.1) is 27.7 Å². The third kappa shape index (κ3) is 6.18. The topological polar surface area (TPSA) is 6.48 Å². The summed E-state index contributed by atoms with van der Waals surface area (Å²) in [6.07, 6.45) is 0. The molecule has 0 radical (unpaired) electrons. The molecule has 8 aromatic carbocycles. The number of nitrogens with zero attached hydrogens (tertiary/aromatic N) is 2. The first-order valence-electron chi connectivity index (χ1n) is 19.3. The molecule has 1 aliphatic rings. The lowest BCUT2D eigenvalue weighted by molar-refractivity contribution is 0.661. The molecule has 0 aliphatic heterocycles. The summed E-state index contributed by atoms with van der Waals surface area (Å²) in [6, 6.07) is 62.8. The number of aryl methyl sites for hydroxylation is 4. The zero-order valence-electron chi connectivity index (χ0n) is 32.6. The van der Waals surface area contributed by atoms with Crippen LogP contribution in [-0.4, -0.2) is 0 Å². The predicted molar refractivity (Wildman–Crippen MR) is 235 cm³/mol. The average molecular weight is 711 g/mol. The van der Waals surface area contributed by atoms with E-state index in [4.69, 9.17) is 0 Å². The van der Waals surface area contributed by atoms with Crippen LogP contribution >= 0.6 is 0 Å². The fourth-order valence-electron chi connectivity index (χ4n) is 8.88. The molecule has 0 N–H and O–H groups in total. The van der Waals surface area contributed by atoms with Gasteiger partial charge in [-0.2, -0.15) is 0 Å². The average Bonchev–Trinajstić information content (AvgIpc) is 3.40. The largest absolute Gasteiger partial charge is 0.311 e. The number of fused-ring (bicyclic) bond motifs is 4. The van der Waals surface area contributed by atoms with Crippen LogP contribution in [0.25, 0.3) is 33.0 Å². The van der Waals surface area contributed by atoms with E-state index in [9.17, 15) is 0 Å². The Balaban J connectivity index is 1.28. The Labute approximate surface area is 326 Å². The maximum atomic E-state index is 2.49. The summed E-state index contributed by atoms with van der Waals surface area (Å²) in [6.45, 7) is 13.6. The van der Waals surface area contributed by atoms with Crippen molar-refractivity contribution in [2.75, 3.05) is 9.80 Å². The Morgan fingerprint density at radius 3 is 1.44 bits per heavy atom. The van der Waals surface area contributed by atoms with E-state index >= 15 is 0 Å². The molecule has 1 aliphatic carbocycles. The van der Waals surface area contributed by atoms with E-state index in [1.54, 1.807) is 0 Å². The smallest absolute Gasteiger partial charge is 0.0546 e. The number of benzene rings is 8. The first-order chi connectivity index (χ1) is 26.6. The number of hydrogen-bond acceptors (Lipinski definition) is 2. The van der Waals surface area contributed by atoms with E-state index in [1.807, 2.05) is 0 Å². The van der Waals surface area contributed by atoms with Crippen molar-refractivity contribution in [2.45, 2.75) is 47.0 Å². The van der Waals surface area contributed by atoms with E-state index in [1.165, 1.54) is 83.5 Å². The Bertz CT molecular complexity index is 2580. The third-order valence-corrected chi connectivity index (χ3v) is 11.3. The molecule has 2 nitrogen and oxygen atoms in total. The third-order valence-electron chi connectivity index (χ3n) is 11.3. The molecule has 0 saturated carbocycles. The van der Waals surface area contributed by atoms with Crippen LogP contribution in [0.5, 0.6) is 0 Å². The second-order valence-corrected chi connectivity index (χ2v) is 15.9. The second-order valence-electron chi connectivity index (χ2n) is 15.9.